The molecule has 1 nitrogen and oxygen atoms in total. The van der Waals surface area contributed by atoms with E-state index in [1.54, 1.807) is 0 Å². The van der Waals surface area contributed by atoms with Crippen molar-refractivity contribution >= 4 is 11.3 Å². The van der Waals surface area contributed by atoms with E-state index in [0.29, 0.717) is 6.04 Å². The summed E-state index contributed by atoms with van der Waals surface area (Å²) in [5.74, 6) is 0. The highest BCUT2D eigenvalue weighted by molar-refractivity contribution is 7.12. The lowest BCUT2D eigenvalue weighted by atomic mass is 10.1. The summed E-state index contributed by atoms with van der Waals surface area (Å²) < 4.78 is 0. The van der Waals surface area contributed by atoms with Crippen LogP contribution in [0.3, 0.4) is 0 Å². The van der Waals surface area contributed by atoms with Crippen LogP contribution in [0.5, 0.6) is 0 Å². The predicted octanol–water partition coefficient (Wildman–Crippen LogP) is 4.68. The average molecular weight is 239 g/mol. The highest BCUT2D eigenvalue weighted by Gasteiger charge is 2.11. The second-order valence-corrected chi connectivity index (χ2v) is 5.73. The minimum Gasteiger partial charge on any atom is -0.310 e. The van der Waals surface area contributed by atoms with E-state index in [0.717, 1.165) is 6.54 Å². The van der Waals surface area contributed by atoms with E-state index in [9.17, 15) is 0 Å². The molecule has 2 heteroatoms. The smallest absolute Gasteiger partial charge is 0.0414 e. The third-order valence-corrected chi connectivity index (χ3v) is 4.02. The van der Waals surface area contributed by atoms with E-state index in [1.165, 1.54) is 41.9 Å². The lowest BCUT2D eigenvalue weighted by Gasteiger charge is -2.16. The number of aryl methyl sites for hydroxylation is 1. The average Bonchev–Trinajstić information content (AvgIpc) is 2.69. The highest BCUT2D eigenvalue weighted by atomic mass is 32.1. The molecule has 1 unspecified atom stereocenters. The Kier molecular flexibility index (Phi) is 6.74. The standard InChI is InChI=1S/C14H25NS/c1-4-6-7-8-9-13(15-5-2)14-11-10-12(3)16-14/h10-11,13,15H,4-9H2,1-3H3. The van der Waals surface area contributed by atoms with E-state index in [2.05, 4.69) is 38.2 Å². The number of rotatable bonds is 8. The molecule has 0 saturated heterocycles. The van der Waals surface area contributed by atoms with Gasteiger partial charge in [0.2, 0.25) is 0 Å². The number of hydrogen-bond donors (Lipinski definition) is 1. The highest BCUT2D eigenvalue weighted by Crippen LogP contribution is 2.26. The molecule has 1 heterocycles. The Bertz CT molecular complexity index is 280. The molecule has 0 aromatic carbocycles. The number of unbranched alkanes of at least 4 members (excludes halogenated alkanes) is 3. The monoisotopic (exact) mass is 239 g/mol. The van der Waals surface area contributed by atoms with E-state index in [1.807, 2.05) is 11.3 Å². The molecule has 1 atom stereocenters. The second kappa shape index (κ2) is 7.86. The summed E-state index contributed by atoms with van der Waals surface area (Å²) in [4.78, 5) is 2.93. The van der Waals surface area contributed by atoms with Gasteiger partial charge in [0.15, 0.2) is 0 Å². The first-order chi connectivity index (χ1) is 7.77. The van der Waals surface area contributed by atoms with Gasteiger partial charge in [-0.05, 0) is 32.0 Å². The van der Waals surface area contributed by atoms with Crippen LogP contribution in [0.15, 0.2) is 12.1 Å². The molecule has 0 radical (unpaired) electrons. The van der Waals surface area contributed by atoms with Gasteiger partial charge in [-0.2, -0.15) is 0 Å². The Labute approximate surface area is 104 Å². The molecule has 0 spiro atoms. The third kappa shape index (κ3) is 4.67. The van der Waals surface area contributed by atoms with Crippen molar-refractivity contribution in [3.63, 3.8) is 0 Å². The van der Waals surface area contributed by atoms with Crippen molar-refractivity contribution in [1.82, 2.24) is 5.32 Å². The number of nitrogens with one attached hydrogen (secondary N) is 1. The Morgan fingerprint density at radius 2 is 2.00 bits per heavy atom. The van der Waals surface area contributed by atoms with Gasteiger partial charge in [-0.25, -0.2) is 0 Å². The van der Waals surface area contributed by atoms with Gasteiger partial charge in [-0.15, -0.1) is 11.3 Å². The summed E-state index contributed by atoms with van der Waals surface area (Å²) in [5.41, 5.74) is 0. The predicted molar refractivity (Wildman–Crippen MR) is 74.2 cm³/mol. The van der Waals surface area contributed by atoms with E-state index >= 15 is 0 Å². The maximum Gasteiger partial charge on any atom is 0.0414 e. The Morgan fingerprint density at radius 1 is 1.19 bits per heavy atom. The molecule has 92 valence electrons. The molecule has 0 saturated carbocycles. The number of thiophene rings is 1. The zero-order chi connectivity index (χ0) is 11.8. The van der Waals surface area contributed by atoms with Gasteiger partial charge in [-0.1, -0.05) is 39.5 Å². The second-order valence-electron chi connectivity index (χ2n) is 4.41. The van der Waals surface area contributed by atoms with Crippen molar-refractivity contribution in [3.8, 4) is 0 Å². The topological polar surface area (TPSA) is 12.0 Å². The van der Waals surface area contributed by atoms with Crippen LogP contribution in [0.25, 0.3) is 0 Å². The minimum atomic E-state index is 0.584. The van der Waals surface area contributed by atoms with E-state index in [-0.39, 0.29) is 0 Å². The van der Waals surface area contributed by atoms with Gasteiger partial charge in [0.25, 0.3) is 0 Å². The Morgan fingerprint density at radius 3 is 2.56 bits per heavy atom. The van der Waals surface area contributed by atoms with Crippen molar-refractivity contribution < 1.29 is 0 Å². The van der Waals surface area contributed by atoms with Gasteiger partial charge < -0.3 is 5.32 Å². The molecule has 0 aliphatic rings. The SMILES string of the molecule is CCCCCCC(NCC)c1ccc(C)s1. The molecule has 0 fully saturated rings. The Hall–Kier alpha value is -0.340. The van der Waals surface area contributed by atoms with Crippen LogP contribution in [0.4, 0.5) is 0 Å². The van der Waals surface area contributed by atoms with Crippen LogP contribution in [0.1, 0.15) is 61.7 Å². The van der Waals surface area contributed by atoms with Crippen molar-refractivity contribution in [3.05, 3.63) is 21.9 Å². The molecule has 1 N–H and O–H groups in total. The van der Waals surface area contributed by atoms with Crippen LogP contribution in [-0.2, 0) is 0 Å². The van der Waals surface area contributed by atoms with Crippen LogP contribution >= 0.6 is 11.3 Å². The molecule has 16 heavy (non-hydrogen) atoms. The van der Waals surface area contributed by atoms with Gasteiger partial charge in [-0.3, -0.25) is 0 Å². The maximum absolute atomic E-state index is 3.60. The number of hydrogen-bond acceptors (Lipinski definition) is 2. The van der Waals surface area contributed by atoms with Crippen molar-refractivity contribution in [2.45, 2.75) is 58.9 Å². The van der Waals surface area contributed by atoms with Crippen LogP contribution in [-0.4, -0.2) is 6.54 Å². The fraction of sp³-hybridized carbons (Fsp3) is 0.714. The van der Waals surface area contributed by atoms with Crippen LogP contribution < -0.4 is 5.32 Å². The fourth-order valence-electron chi connectivity index (χ4n) is 2.01. The first kappa shape index (κ1) is 13.7. The molecule has 1 aromatic rings. The van der Waals surface area contributed by atoms with Gasteiger partial charge in [0.1, 0.15) is 0 Å². The summed E-state index contributed by atoms with van der Waals surface area (Å²) in [6.07, 6.45) is 6.71. The summed E-state index contributed by atoms with van der Waals surface area (Å²) in [5, 5.41) is 3.60. The molecular weight excluding hydrogens is 214 g/mol. The van der Waals surface area contributed by atoms with Crippen molar-refractivity contribution in [1.29, 1.82) is 0 Å². The zero-order valence-corrected chi connectivity index (χ0v) is 11.7. The summed E-state index contributed by atoms with van der Waals surface area (Å²) in [6.45, 7) is 7.72. The lowest BCUT2D eigenvalue weighted by Crippen LogP contribution is -2.19. The summed E-state index contributed by atoms with van der Waals surface area (Å²) in [6, 6.07) is 5.10. The van der Waals surface area contributed by atoms with E-state index in [4.69, 9.17) is 0 Å². The molecule has 0 bridgehead atoms. The molecule has 0 amide bonds. The first-order valence-electron chi connectivity index (χ1n) is 6.57. The normalized spacial score (nSPS) is 12.9. The Balaban J connectivity index is 2.41. The third-order valence-electron chi connectivity index (χ3n) is 2.90. The summed E-state index contributed by atoms with van der Waals surface area (Å²) in [7, 11) is 0. The van der Waals surface area contributed by atoms with Crippen molar-refractivity contribution in [2.24, 2.45) is 0 Å². The largest absolute Gasteiger partial charge is 0.310 e. The molecular formula is C14H25NS. The van der Waals surface area contributed by atoms with Crippen molar-refractivity contribution in [2.75, 3.05) is 6.54 Å². The molecule has 1 aromatic heterocycles. The van der Waals surface area contributed by atoms with Gasteiger partial charge >= 0.3 is 0 Å². The maximum atomic E-state index is 3.60. The molecule has 0 aliphatic carbocycles. The van der Waals surface area contributed by atoms with Crippen LogP contribution in [0, 0.1) is 6.92 Å². The molecule has 0 aliphatic heterocycles. The quantitative estimate of drug-likeness (QED) is 0.650. The zero-order valence-electron chi connectivity index (χ0n) is 10.9. The summed E-state index contributed by atoms with van der Waals surface area (Å²) >= 11 is 1.94. The van der Waals surface area contributed by atoms with E-state index < -0.39 is 0 Å². The first-order valence-corrected chi connectivity index (χ1v) is 7.39. The lowest BCUT2D eigenvalue weighted by molar-refractivity contribution is 0.488. The van der Waals surface area contributed by atoms with Gasteiger partial charge in [0, 0.05) is 15.8 Å². The van der Waals surface area contributed by atoms with Crippen LogP contribution in [0.2, 0.25) is 0 Å². The molecule has 1 rings (SSSR count). The fourth-order valence-corrected chi connectivity index (χ4v) is 2.99. The van der Waals surface area contributed by atoms with Gasteiger partial charge in [0.05, 0.1) is 0 Å². The minimum absolute atomic E-state index is 0.584.